The Labute approximate surface area is 279 Å². The lowest BCUT2D eigenvalue weighted by molar-refractivity contribution is 0.333. The molecular formula is C22H32Br10. The molecule has 0 amide bonds. The molecule has 0 spiro atoms. The summed E-state index contributed by atoms with van der Waals surface area (Å²) in [6.45, 7) is 0. The van der Waals surface area contributed by atoms with Crippen LogP contribution in [0.25, 0.3) is 0 Å². The first kappa shape index (κ1) is 33.0. The lowest BCUT2D eigenvalue weighted by Gasteiger charge is -2.50. The Balaban J connectivity index is 2.35. The van der Waals surface area contributed by atoms with Crippen LogP contribution in [0.1, 0.15) is 77.0 Å². The smallest absolute Gasteiger partial charge is 0.0546 e. The van der Waals surface area contributed by atoms with Gasteiger partial charge in [0.15, 0.2) is 0 Å². The van der Waals surface area contributed by atoms with Crippen LogP contribution in [0.3, 0.4) is 0 Å². The van der Waals surface area contributed by atoms with E-state index < -0.39 is 0 Å². The quantitative estimate of drug-likeness (QED) is 0.230. The summed E-state index contributed by atoms with van der Waals surface area (Å²) in [4.78, 5) is 3.75. The van der Waals surface area contributed by atoms with Gasteiger partial charge in [-0.1, -0.05) is 172 Å². The minimum atomic E-state index is -0.0601. The van der Waals surface area contributed by atoms with E-state index in [0.29, 0.717) is 38.6 Å². The van der Waals surface area contributed by atoms with E-state index in [2.05, 4.69) is 159 Å². The third-order valence-electron chi connectivity index (χ3n) is 7.03. The molecule has 2 saturated carbocycles. The van der Waals surface area contributed by atoms with Gasteiger partial charge in [0.05, 0.1) is 8.65 Å². The van der Waals surface area contributed by atoms with Crippen molar-refractivity contribution in [2.45, 2.75) is 124 Å². The summed E-state index contributed by atoms with van der Waals surface area (Å²) < 4.78 is -0.0935. The number of hydrogen-bond acceptors (Lipinski definition) is 0. The minimum Gasteiger partial charge on any atom is -0.0879 e. The lowest BCUT2D eigenvalue weighted by atomic mass is 9.76. The topological polar surface area (TPSA) is 0 Å². The van der Waals surface area contributed by atoms with Crippen LogP contribution < -0.4 is 0 Å². The van der Waals surface area contributed by atoms with E-state index in [0.717, 1.165) is 44.9 Å². The highest BCUT2D eigenvalue weighted by atomic mass is 79.9. The Hall–Kier alpha value is 4.80. The van der Waals surface area contributed by atoms with Crippen LogP contribution in [0.15, 0.2) is 0 Å². The summed E-state index contributed by atoms with van der Waals surface area (Å²) >= 11 is 41.0. The van der Waals surface area contributed by atoms with Crippen molar-refractivity contribution < 1.29 is 0 Å². The van der Waals surface area contributed by atoms with Crippen molar-refractivity contribution in [1.82, 2.24) is 0 Å². The Morgan fingerprint density at radius 3 is 1.19 bits per heavy atom. The molecule has 10 unspecified atom stereocenters. The largest absolute Gasteiger partial charge is 0.0879 e. The molecule has 0 radical (unpaired) electrons. The number of alkyl halides is 10. The van der Waals surface area contributed by atoms with Gasteiger partial charge in [-0.3, -0.25) is 0 Å². The Bertz CT molecular complexity index is 565. The normalized spacial score (nSPS) is 48.9. The SMILES string of the molecule is BrC1CCCCC(Br)(C2(Br)CCC(Br)C(Br)CCC(Br)C(Br)CCC2Br)C(Br)CCC1Br. The Morgan fingerprint density at radius 2 is 0.719 bits per heavy atom. The molecule has 2 aliphatic rings. The maximum atomic E-state index is 4.42. The molecule has 2 aliphatic carbocycles. The van der Waals surface area contributed by atoms with Crippen molar-refractivity contribution in [3.05, 3.63) is 0 Å². The van der Waals surface area contributed by atoms with Crippen molar-refractivity contribution in [2.75, 3.05) is 0 Å². The van der Waals surface area contributed by atoms with Gasteiger partial charge in [-0.25, -0.2) is 0 Å². The maximum absolute atomic E-state index is 4.42. The molecule has 0 N–H and O–H groups in total. The molecule has 0 saturated heterocycles. The summed E-state index contributed by atoms with van der Waals surface area (Å²) in [7, 11) is 0. The third kappa shape index (κ3) is 8.91. The molecule has 2 fully saturated rings. The molecule has 0 aromatic carbocycles. The third-order valence-corrected chi connectivity index (χ3v) is 23.3. The minimum absolute atomic E-state index is 0.0334. The monoisotopic (exact) mass is 1090 g/mol. The fraction of sp³-hybridized carbons (Fsp3) is 1.00. The van der Waals surface area contributed by atoms with Gasteiger partial charge >= 0.3 is 0 Å². The van der Waals surface area contributed by atoms with Gasteiger partial charge in [-0.2, -0.15) is 0 Å². The summed E-state index contributed by atoms with van der Waals surface area (Å²) in [5.74, 6) is 0. The second kappa shape index (κ2) is 15.6. The van der Waals surface area contributed by atoms with Crippen LogP contribution in [0.4, 0.5) is 0 Å². The van der Waals surface area contributed by atoms with Crippen molar-refractivity contribution in [1.29, 1.82) is 0 Å². The predicted octanol–water partition coefficient (Wildman–Crippen LogP) is 12.1. The first-order valence-electron chi connectivity index (χ1n) is 11.4. The molecule has 0 aromatic rings. The summed E-state index contributed by atoms with van der Waals surface area (Å²) in [5.41, 5.74) is 0. The van der Waals surface area contributed by atoms with Crippen molar-refractivity contribution in [3.63, 3.8) is 0 Å². The van der Waals surface area contributed by atoms with Crippen molar-refractivity contribution in [2.24, 2.45) is 0 Å². The highest BCUT2D eigenvalue weighted by Gasteiger charge is 2.55. The zero-order valence-electron chi connectivity index (χ0n) is 17.9. The molecular weight excluding hydrogens is 1060 g/mol. The van der Waals surface area contributed by atoms with Gasteiger partial charge in [0, 0.05) is 38.6 Å². The zero-order chi connectivity index (χ0) is 24.1. The van der Waals surface area contributed by atoms with Gasteiger partial charge in [-0.15, -0.1) is 0 Å². The lowest BCUT2D eigenvalue weighted by Crippen LogP contribution is -2.56. The maximum Gasteiger partial charge on any atom is 0.0546 e. The van der Waals surface area contributed by atoms with Crippen LogP contribution in [0.5, 0.6) is 0 Å². The van der Waals surface area contributed by atoms with Gasteiger partial charge < -0.3 is 0 Å². The van der Waals surface area contributed by atoms with Crippen LogP contribution in [-0.2, 0) is 0 Å². The van der Waals surface area contributed by atoms with Crippen LogP contribution >= 0.6 is 159 Å². The van der Waals surface area contributed by atoms with E-state index in [-0.39, 0.29) is 8.65 Å². The molecule has 10 atom stereocenters. The van der Waals surface area contributed by atoms with E-state index in [1.807, 2.05) is 0 Å². The fourth-order valence-corrected chi connectivity index (χ4v) is 12.3. The van der Waals surface area contributed by atoms with E-state index >= 15 is 0 Å². The second-order valence-electron chi connectivity index (χ2n) is 9.27. The summed E-state index contributed by atoms with van der Waals surface area (Å²) in [5, 5.41) is 0. The summed E-state index contributed by atoms with van der Waals surface area (Å²) in [6, 6.07) is 0. The fourth-order valence-electron chi connectivity index (χ4n) is 4.79. The molecule has 2 rings (SSSR count). The summed E-state index contributed by atoms with van der Waals surface area (Å²) in [6.07, 6.45) is 14.0. The molecule has 0 aliphatic heterocycles. The van der Waals surface area contributed by atoms with Crippen molar-refractivity contribution in [3.8, 4) is 0 Å². The molecule has 32 heavy (non-hydrogen) atoms. The number of halogens is 10. The van der Waals surface area contributed by atoms with Gasteiger partial charge in [0.25, 0.3) is 0 Å². The number of hydrogen-bond donors (Lipinski definition) is 0. The molecule has 10 heteroatoms. The molecule has 190 valence electrons. The molecule has 0 heterocycles. The number of rotatable bonds is 1. The molecule has 0 bridgehead atoms. The van der Waals surface area contributed by atoms with Crippen LogP contribution in [0.2, 0.25) is 0 Å². The van der Waals surface area contributed by atoms with Crippen LogP contribution in [-0.4, -0.2) is 47.3 Å². The van der Waals surface area contributed by atoms with E-state index in [9.17, 15) is 0 Å². The van der Waals surface area contributed by atoms with E-state index in [1.54, 1.807) is 0 Å². The standard InChI is InChI=1S/C22H32Br10/c23-13-3-1-2-11-21(31,19(29)8-6-16(13)26)22(32)12-10-18(28)15(25)5-4-14(24)17(27)7-9-20(22)30/h13-20H,1-12H2. The Morgan fingerprint density at radius 1 is 0.375 bits per heavy atom. The first-order valence-corrected chi connectivity index (χ1v) is 20.3. The first-order chi connectivity index (χ1) is 14.9. The van der Waals surface area contributed by atoms with Crippen molar-refractivity contribution >= 4 is 159 Å². The predicted molar refractivity (Wildman–Crippen MR) is 180 cm³/mol. The zero-order valence-corrected chi connectivity index (χ0v) is 33.7. The van der Waals surface area contributed by atoms with Gasteiger partial charge in [0.1, 0.15) is 0 Å². The highest BCUT2D eigenvalue weighted by molar-refractivity contribution is 9.15. The Kier molecular flexibility index (Phi) is 16.0. The second-order valence-corrected chi connectivity index (χ2v) is 21.4. The average Bonchev–Trinajstić information content (AvgIpc) is 2.77. The van der Waals surface area contributed by atoms with Gasteiger partial charge in [0.2, 0.25) is 0 Å². The van der Waals surface area contributed by atoms with Crippen LogP contribution in [0, 0.1) is 0 Å². The van der Waals surface area contributed by atoms with Gasteiger partial charge in [-0.05, 0) is 64.2 Å². The molecule has 0 nitrogen and oxygen atoms in total. The van der Waals surface area contributed by atoms with E-state index in [1.165, 1.54) is 32.1 Å². The van der Waals surface area contributed by atoms with E-state index in [4.69, 9.17) is 0 Å². The molecule has 0 aromatic heterocycles. The average molecular weight is 1100 g/mol. The highest BCUT2D eigenvalue weighted by Crippen LogP contribution is 2.56.